The van der Waals surface area contributed by atoms with Crippen molar-refractivity contribution in [3.05, 3.63) is 53.3 Å². The monoisotopic (exact) mass is 462 g/mol. The number of aromatic nitrogens is 2. The lowest BCUT2D eigenvalue weighted by molar-refractivity contribution is 0.0511. The van der Waals surface area contributed by atoms with Crippen LogP contribution in [0.2, 0.25) is 0 Å². The number of nitrogens with one attached hydrogen (secondary N) is 1. The molecule has 2 fully saturated rings. The SMILES string of the molecule is CCOC(=O)c1cc(C2CC2)nn1CC[C@@H]1CN(C(=O)OCc2ccccc2)CCN1.Cl. The second-order valence-electron chi connectivity index (χ2n) is 8.10. The molecule has 174 valence electrons. The third-order valence-corrected chi connectivity index (χ3v) is 5.69. The fourth-order valence-corrected chi connectivity index (χ4v) is 3.83. The maximum atomic E-state index is 12.5. The van der Waals surface area contributed by atoms with Crippen LogP contribution >= 0.6 is 12.4 Å². The number of rotatable bonds is 8. The molecule has 4 rings (SSSR count). The standard InChI is InChI=1S/C23H30N4O4.ClH/c1-2-30-22(28)21-14-20(18-8-9-18)25-27(21)12-10-19-15-26(13-11-24-19)23(29)31-16-17-6-4-3-5-7-17;/h3-7,14,18-19,24H,2,8-13,15-16H2,1H3;1H/t19-;/m1./s1. The Kier molecular flexibility index (Phi) is 8.53. The zero-order valence-electron chi connectivity index (χ0n) is 18.4. The Bertz CT molecular complexity index is 901. The van der Waals surface area contributed by atoms with Crippen molar-refractivity contribution in [1.29, 1.82) is 0 Å². The first-order valence-corrected chi connectivity index (χ1v) is 11.1. The van der Waals surface area contributed by atoms with Crippen LogP contribution in [0.5, 0.6) is 0 Å². The van der Waals surface area contributed by atoms with Crippen LogP contribution in [0.15, 0.2) is 36.4 Å². The van der Waals surface area contributed by atoms with Gasteiger partial charge in [-0.15, -0.1) is 12.4 Å². The van der Waals surface area contributed by atoms with Crippen molar-refractivity contribution < 1.29 is 19.1 Å². The Balaban J connectivity index is 0.00000289. The summed E-state index contributed by atoms with van der Waals surface area (Å²) in [7, 11) is 0. The molecule has 9 heteroatoms. The highest BCUT2D eigenvalue weighted by Gasteiger charge is 2.30. The number of hydrogen-bond donors (Lipinski definition) is 1. The molecular formula is C23H31ClN4O4. The number of piperazine rings is 1. The number of halogens is 1. The molecule has 1 aromatic carbocycles. The third-order valence-electron chi connectivity index (χ3n) is 5.69. The van der Waals surface area contributed by atoms with E-state index in [1.165, 1.54) is 0 Å². The summed E-state index contributed by atoms with van der Waals surface area (Å²) in [5, 5.41) is 8.12. The molecule has 1 amide bonds. The summed E-state index contributed by atoms with van der Waals surface area (Å²) in [5.41, 5.74) is 2.46. The first kappa shape index (κ1) is 24.1. The van der Waals surface area contributed by atoms with Crippen LogP contribution in [-0.2, 0) is 22.6 Å². The molecule has 1 saturated carbocycles. The number of ether oxygens (including phenoxy) is 2. The second kappa shape index (κ2) is 11.3. The van der Waals surface area contributed by atoms with Gasteiger partial charge in [-0.3, -0.25) is 4.68 Å². The van der Waals surface area contributed by atoms with Gasteiger partial charge in [-0.2, -0.15) is 5.10 Å². The topological polar surface area (TPSA) is 85.7 Å². The largest absolute Gasteiger partial charge is 0.461 e. The summed E-state index contributed by atoms with van der Waals surface area (Å²) in [6.45, 7) is 4.90. The lowest BCUT2D eigenvalue weighted by Crippen LogP contribution is -2.53. The Labute approximate surface area is 194 Å². The van der Waals surface area contributed by atoms with E-state index in [1.807, 2.05) is 36.4 Å². The van der Waals surface area contributed by atoms with E-state index in [0.29, 0.717) is 44.4 Å². The van der Waals surface area contributed by atoms with Crippen molar-refractivity contribution in [2.24, 2.45) is 0 Å². The van der Waals surface area contributed by atoms with Crippen molar-refractivity contribution in [3.8, 4) is 0 Å². The average Bonchev–Trinajstić information content (AvgIpc) is 3.56. The molecule has 0 spiro atoms. The van der Waals surface area contributed by atoms with Crippen LogP contribution in [0.4, 0.5) is 4.79 Å². The van der Waals surface area contributed by atoms with Crippen molar-refractivity contribution in [2.75, 3.05) is 26.2 Å². The Morgan fingerprint density at radius 2 is 1.97 bits per heavy atom. The fourth-order valence-electron chi connectivity index (χ4n) is 3.83. The number of hydrogen-bond acceptors (Lipinski definition) is 6. The first-order valence-electron chi connectivity index (χ1n) is 11.1. The highest BCUT2D eigenvalue weighted by molar-refractivity contribution is 5.87. The van der Waals surface area contributed by atoms with Crippen molar-refractivity contribution in [2.45, 2.75) is 51.3 Å². The van der Waals surface area contributed by atoms with Gasteiger partial charge in [0.1, 0.15) is 12.3 Å². The van der Waals surface area contributed by atoms with Gasteiger partial charge in [-0.25, -0.2) is 9.59 Å². The van der Waals surface area contributed by atoms with E-state index in [0.717, 1.165) is 30.5 Å². The molecule has 8 nitrogen and oxygen atoms in total. The lowest BCUT2D eigenvalue weighted by Gasteiger charge is -2.33. The van der Waals surface area contributed by atoms with E-state index in [2.05, 4.69) is 10.4 Å². The van der Waals surface area contributed by atoms with E-state index in [-0.39, 0.29) is 37.1 Å². The maximum Gasteiger partial charge on any atom is 0.410 e. The Hall–Kier alpha value is -2.58. The fraction of sp³-hybridized carbons (Fsp3) is 0.522. The van der Waals surface area contributed by atoms with Crippen LogP contribution < -0.4 is 5.32 Å². The van der Waals surface area contributed by atoms with Gasteiger partial charge >= 0.3 is 12.1 Å². The predicted octanol–water partition coefficient (Wildman–Crippen LogP) is 3.36. The van der Waals surface area contributed by atoms with E-state index in [1.54, 1.807) is 16.5 Å². The number of esters is 1. The molecule has 0 bridgehead atoms. The van der Waals surface area contributed by atoms with Gasteiger partial charge in [0.25, 0.3) is 0 Å². The molecule has 2 aliphatic rings. The van der Waals surface area contributed by atoms with Crippen LogP contribution in [0.25, 0.3) is 0 Å². The minimum absolute atomic E-state index is 0. The zero-order valence-corrected chi connectivity index (χ0v) is 19.2. The molecule has 0 radical (unpaired) electrons. The van der Waals surface area contributed by atoms with Crippen LogP contribution in [0.3, 0.4) is 0 Å². The summed E-state index contributed by atoms with van der Waals surface area (Å²) < 4.78 is 12.4. The number of carbonyl (C=O) groups excluding carboxylic acids is 2. The molecule has 1 N–H and O–H groups in total. The van der Waals surface area contributed by atoms with Gasteiger partial charge in [-0.1, -0.05) is 30.3 Å². The second-order valence-corrected chi connectivity index (χ2v) is 8.10. The zero-order chi connectivity index (χ0) is 21.6. The molecule has 1 atom stereocenters. The predicted molar refractivity (Wildman–Crippen MR) is 122 cm³/mol. The lowest BCUT2D eigenvalue weighted by atomic mass is 10.1. The van der Waals surface area contributed by atoms with Crippen molar-refractivity contribution in [3.63, 3.8) is 0 Å². The Morgan fingerprint density at radius 1 is 1.19 bits per heavy atom. The van der Waals surface area contributed by atoms with E-state index in [9.17, 15) is 9.59 Å². The molecule has 1 aliphatic carbocycles. The highest BCUT2D eigenvalue weighted by atomic mass is 35.5. The summed E-state index contributed by atoms with van der Waals surface area (Å²) in [5.74, 6) is 0.140. The minimum Gasteiger partial charge on any atom is -0.461 e. The molecule has 32 heavy (non-hydrogen) atoms. The smallest absolute Gasteiger partial charge is 0.410 e. The number of carbonyl (C=O) groups is 2. The summed E-state index contributed by atoms with van der Waals surface area (Å²) in [4.78, 5) is 26.6. The molecule has 1 saturated heterocycles. The maximum absolute atomic E-state index is 12.5. The van der Waals surface area contributed by atoms with Crippen LogP contribution in [-0.4, -0.2) is 59.0 Å². The van der Waals surface area contributed by atoms with Gasteiger partial charge < -0.3 is 19.7 Å². The van der Waals surface area contributed by atoms with Crippen LogP contribution in [0, 0.1) is 0 Å². The van der Waals surface area contributed by atoms with Gasteiger partial charge in [0.15, 0.2) is 0 Å². The number of nitrogens with zero attached hydrogens (tertiary/aromatic N) is 3. The number of benzene rings is 1. The van der Waals surface area contributed by atoms with Gasteiger partial charge in [-0.05, 0) is 37.8 Å². The summed E-state index contributed by atoms with van der Waals surface area (Å²) >= 11 is 0. The quantitative estimate of drug-likeness (QED) is 0.605. The Morgan fingerprint density at radius 3 is 2.69 bits per heavy atom. The van der Waals surface area contributed by atoms with E-state index >= 15 is 0 Å². The molecule has 0 unspecified atom stereocenters. The van der Waals surface area contributed by atoms with Gasteiger partial charge in [0.2, 0.25) is 0 Å². The normalized spacial score (nSPS) is 18.0. The summed E-state index contributed by atoms with van der Waals surface area (Å²) in [6, 6.07) is 11.7. The average molecular weight is 463 g/mol. The van der Waals surface area contributed by atoms with Gasteiger partial charge in [0, 0.05) is 38.1 Å². The molecule has 1 aromatic heterocycles. The van der Waals surface area contributed by atoms with E-state index in [4.69, 9.17) is 9.47 Å². The van der Waals surface area contributed by atoms with Crippen molar-refractivity contribution >= 4 is 24.5 Å². The number of aryl methyl sites for hydroxylation is 1. The molecular weight excluding hydrogens is 432 g/mol. The molecule has 2 aromatic rings. The first-order chi connectivity index (χ1) is 15.1. The minimum atomic E-state index is -0.329. The van der Waals surface area contributed by atoms with Crippen molar-refractivity contribution in [1.82, 2.24) is 20.0 Å². The molecule has 2 heterocycles. The summed E-state index contributed by atoms with van der Waals surface area (Å²) in [6.07, 6.45) is 2.71. The third kappa shape index (κ3) is 6.23. The highest BCUT2D eigenvalue weighted by Crippen LogP contribution is 2.39. The molecule has 1 aliphatic heterocycles. The van der Waals surface area contributed by atoms with Crippen LogP contribution in [0.1, 0.15) is 53.8 Å². The number of amides is 1. The van der Waals surface area contributed by atoms with E-state index < -0.39 is 0 Å². The van der Waals surface area contributed by atoms with Gasteiger partial charge in [0.05, 0.1) is 12.3 Å².